The fraction of sp³-hybridized carbons (Fsp3) is 0.500. The van der Waals surface area contributed by atoms with E-state index in [0.717, 1.165) is 16.5 Å². The van der Waals surface area contributed by atoms with Gasteiger partial charge in [-0.1, -0.05) is 41.5 Å². The van der Waals surface area contributed by atoms with Crippen molar-refractivity contribution in [3.63, 3.8) is 0 Å². The van der Waals surface area contributed by atoms with Gasteiger partial charge in [0, 0.05) is 29.6 Å². The van der Waals surface area contributed by atoms with E-state index in [-0.39, 0.29) is 30.5 Å². The van der Waals surface area contributed by atoms with Crippen LogP contribution in [0.4, 0.5) is 0 Å². The number of aromatic nitrogens is 2. The van der Waals surface area contributed by atoms with Crippen LogP contribution in [0.1, 0.15) is 66.0 Å². The molecule has 1 aromatic carbocycles. The van der Waals surface area contributed by atoms with Crippen LogP contribution in [-0.2, 0) is 10.8 Å². The molecule has 2 aromatic heterocycles. The molecule has 35 heavy (non-hydrogen) atoms. The Hall–Kier alpha value is -2.90. The fourth-order valence-electron chi connectivity index (χ4n) is 3.83. The maximum Gasteiger partial charge on any atom is 0.163 e. The van der Waals surface area contributed by atoms with Crippen molar-refractivity contribution in [2.45, 2.75) is 71.3 Å². The third-order valence-electron chi connectivity index (χ3n) is 5.80. The van der Waals surface area contributed by atoms with Crippen LogP contribution < -0.4 is 14.2 Å². The SMILES string of the molecule is COc1cc2c(Oc3cn[c]c(C(C)(C)C)c3C(C)(C)C)ccnc2cc1OCC[C@](C)(O)CO. The van der Waals surface area contributed by atoms with Gasteiger partial charge in [-0.15, -0.1) is 0 Å². The minimum atomic E-state index is -1.21. The second-order valence-electron chi connectivity index (χ2n) is 11.2. The number of nitrogens with zero attached hydrogens (tertiary/aromatic N) is 2. The van der Waals surface area contributed by atoms with Gasteiger partial charge in [-0.05, 0) is 35.4 Å². The number of methoxy groups -OCH3 is 1. The molecule has 1 radical (unpaired) electrons. The number of pyridine rings is 2. The van der Waals surface area contributed by atoms with Crippen LogP contribution in [-0.4, -0.2) is 46.1 Å². The highest BCUT2D eigenvalue weighted by Gasteiger charge is 2.30. The molecule has 0 fully saturated rings. The first kappa shape index (κ1) is 26.7. The largest absolute Gasteiger partial charge is 0.493 e. The van der Waals surface area contributed by atoms with Crippen molar-refractivity contribution in [3.8, 4) is 23.0 Å². The van der Waals surface area contributed by atoms with Gasteiger partial charge in [-0.25, -0.2) is 0 Å². The molecule has 0 aliphatic rings. The number of ether oxygens (including phenoxy) is 3. The molecule has 3 rings (SSSR count). The average molecular weight is 482 g/mol. The van der Waals surface area contributed by atoms with Crippen LogP contribution in [0.3, 0.4) is 0 Å². The Morgan fingerprint density at radius 1 is 0.943 bits per heavy atom. The summed E-state index contributed by atoms with van der Waals surface area (Å²) in [5, 5.41) is 20.1. The molecule has 0 spiro atoms. The fourth-order valence-corrected chi connectivity index (χ4v) is 3.83. The van der Waals surface area contributed by atoms with Crippen LogP contribution in [0.15, 0.2) is 30.6 Å². The number of benzene rings is 1. The minimum Gasteiger partial charge on any atom is -0.493 e. The number of hydrogen-bond acceptors (Lipinski definition) is 7. The summed E-state index contributed by atoms with van der Waals surface area (Å²) in [4.78, 5) is 8.86. The zero-order valence-corrected chi connectivity index (χ0v) is 22.0. The van der Waals surface area contributed by atoms with Crippen molar-refractivity contribution in [3.05, 3.63) is 47.9 Å². The van der Waals surface area contributed by atoms with Crippen molar-refractivity contribution in [1.29, 1.82) is 0 Å². The second kappa shape index (κ2) is 9.99. The lowest BCUT2D eigenvalue weighted by molar-refractivity contribution is -0.0140. The molecule has 0 saturated heterocycles. The third kappa shape index (κ3) is 6.21. The first-order valence-electron chi connectivity index (χ1n) is 11.8. The predicted molar refractivity (Wildman–Crippen MR) is 137 cm³/mol. The number of hydrogen-bond donors (Lipinski definition) is 2. The summed E-state index contributed by atoms with van der Waals surface area (Å²) in [6, 6.07) is 5.44. The van der Waals surface area contributed by atoms with Crippen molar-refractivity contribution >= 4 is 10.9 Å². The molecule has 0 bridgehead atoms. The molecule has 0 unspecified atom stereocenters. The molecule has 2 heterocycles. The molecule has 0 aliphatic heterocycles. The Morgan fingerprint density at radius 2 is 1.66 bits per heavy atom. The summed E-state index contributed by atoms with van der Waals surface area (Å²) < 4.78 is 17.9. The highest BCUT2D eigenvalue weighted by atomic mass is 16.5. The molecule has 7 heteroatoms. The van der Waals surface area contributed by atoms with Crippen molar-refractivity contribution in [2.75, 3.05) is 20.3 Å². The molecule has 1 atom stereocenters. The summed E-state index contributed by atoms with van der Waals surface area (Å²) in [6.45, 7) is 14.3. The van der Waals surface area contributed by atoms with E-state index in [0.29, 0.717) is 28.5 Å². The van der Waals surface area contributed by atoms with Gasteiger partial charge >= 0.3 is 0 Å². The van der Waals surface area contributed by atoms with Crippen LogP contribution >= 0.6 is 0 Å². The first-order valence-corrected chi connectivity index (χ1v) is 11.8. The maximum absolute atomic E-state index is 10.0. The molecular formula is C28H37N2O5. The minimum absolute atomic E-state index is 0.147. The molecule has 2 N–H and O–H groups in total. The molecule has 189 valence electrons. The van der Waals surface area contributed by atoms with E-state index in [1.165, 1.54) is 0 Å². The lowest BCUT2D eigenvalue weighted by Gasteiger charge is -2.31. The van der Waals surface area contributed by atoms with E-state index in [1.54, 1.807) is 32.5 Å². The Morgan fingerprint density at radius 3 is 2.26 bits per heavy atom. The second-order valence-corrected chi connectivity index (χ2v) is 11.2. The first-order chi connectivity index (χ1) is 16.3. The van der Waals surface area contributed by atoms with Crippen molar-refractivity contribution in [1.82, 2.24) is 9.97 Å². The van der Waals surface area contributed by atoms with Gasteiger partial charge in [0.25, 0.3) is 0 Å². The molecule has 0 saturated carbocycles. The Kier molecular flexibility index (Phi) is 7.62. The van der Waals surface area contributed by atoms with E-state index in [1.807, 2.05) is 12.1 Å². The van der Waals surface area contributed by atoms with E-state index in [2.05, 4.69) is 57.7 Å². The van der Waals surface area contributed by atoms with Gasteiger partial charge in [-0.2, -0.15) is 0 Å². The number of fused-ring (bicyclic) bond motifs is 1. The van der Waals surface area contributed by atoms with Crippen molar-refractivity contribution in [2.24, 2.45) is 0 Å². The molecule has 0 amide bonds. The summed E-state index contributed by atoms with van der Waals surface area (Å²) in [6.07, 6.45) is 6.86. The highest BCUT2D eigenvalue weighted by molar-refractivity contribution is 5.88. The number of aliphatic hydroxyl groups excluding tert-OH is 1. The summed E-state index contributed by atoms with van der Waals surface area (Å²) in [5.41, 5.74) is 1.22. The van der Waals surface area contributed by atoms with Gasteiger partial charge < -0.3 is 24.4 Å². The van der Waals surface area contributed by atoms with E-state index < -0.39 is 5.60 Å². The Balaban J connectivity index is 2.03. The topological polar surface area (TPSA) is 93.9 Å². The molecule has 3 aromatic rings. The molecule has 0 aliphatic carbocycles. The van der Waals surface area contributed by atoms with E-state index >= 15 is 0 Å². The van der Waals surface area contributed by atoms with Crippen LogP contribution in [0.5, 0.6) is 23.0 Å². The van der Waals surface area contributed by atoms with Crippen LogP contribution in [0.25, 0.3) is 10.9 Å². The van der Waals surface area contributed by atoms with Crippen LogP contribution in [0, 0.1) is 6.20 Å². The number of aliphatic hydroxyl groups is 2. The van der Waals surface area contributed by atoms with E-state index in [4.69, 9.17) is 14.2 Å². The predicted octanol–water partition coefficient (Wildman–Crippen LogP) is 5.34. The van der Waals surface area contributed by atoms with E-state index in [9.17, 15) is 10.2 Å². The Labute approximate surface area is 208 Å². The molecular weight excluding hydrogens is 444 g/mol. The summed E-state index contributed by atoms with van der Waals surface area (Å²) in [5.74, 6) is 2.32. The zero-order chi connectivity index (χ0) is 26.0. The summed E-state index contributed by atoms with van der Waals surface area (Å²) in [7, 11) is 1.57. The zero-order valence-electron chi connectivity index (χ0n) is 22.0. The van der Waals surface area contributed by atoms with Crippen LogP contribution in [0.2, 0.25) is 0 Å². The molecule has 7 nitrogen and oxygen atoms in total. The number of rotatable bonds is 8. The third-order valence-corrected chi connectivity index (χ3v) is 5.80. The average Bonchev–Trinajstić information content (AvgIpc) is 2.77. The lowest BCUT2D eigenvalue weighted by Crippen LogP contribution is -2.31. The summed E-state index contributed by atoms with van der Waals surface area (Å²) >= 11 is 0. The highest BCUT2D eigenvalue weighted by Crippen LogP contribution is 2.42. The maximum atomic E-state index is 10.0. The standard InChI is InChI=1S/C28H37N2O5/c1-26(2,3)19-15-29-16-24(25(19)27(4,5)6)35-21-9-11-30-20-14-23(22(33-8)13-18(20)21)34-12-10-28(7,32)17-31/h9,11,13-14,16,31-32H,10,12,17H2,1-8H3/t28-/m0/s1. The normalized spacial score (nSPS) is 14.0. The van der Waals surface area contributed by atoms with Gasteiger partial charge in [0.2, 0.25) is 0 Å². The smallest absolute Gasteiger partial charge is 0.163 e. The van der Waals surface area contributed by atoms with Gasteiger partial charge in [0.1, 0.15) is 11.5 Å². The quantitative estimate of drug-likeness (QED) is 0.449. The van der Waals surface area contributed by atoms with Gasteiger partial charge in [0.05, 0.1) is 43.8 Å². The monoisotopic (exact) mass is 481 g/mol. The van der Waals surface area contributed by atoms with Gasteiger partial charge in [0.15, 0.2) is 11.5 Å². The van der Waals surface area contributed by atoms with Gasteiger partial charge in [-0.3, -0.25) is 9.97 Å². The van der Waals surface area contributed by atoms with Crippen molar-refractivity contribution < 1.29 is 24.4 Å². The lowest BCUT2D eigenvalue weighted by atomic mass is 9.76. The Bertz CT molecular complexity index is 1180.